The van der Waals surface area contributed by atoms with Crippen LogP contribution < -0.4 is 0 Å². The number of hydrogen-bond donors (Lipinski definition) is 0. The van der Waals surface area contributed by atoms with Gasteiger partial charge in [-0.1, -0.05) is 51.1 Å². The molecule has 0 heterocycles. The summed E-state index contributed by atoms with van der Waals surface area (Å²) in [6.07, 6.45) is -4.14. The summed E-state index contributed by atoms with van der Waals surface area (Å²) in [5.74, 6) is 0. The first-order valence-corrected chi connectivity index (χ1v) is 5.54. The lowest BCUT2D eigenvalue weighted by molar-refractivity contribution is -0.186. The van der Waals surface area contributed by atoms with Crippen molar-refractivity contribution < 1.29 is 13.2 Å². The fraction of sp³-hybridized carbons (Fsp3) is 0.538. The molecule has 16 heavy (non-hydrogen) atoms. The maximum atomic E-state index is 12.8. The van der Waals surface area contributed by atoms with Gasteiger partial charge in [0.1, 0.15) is 0 Å². The average Bonchev–Trinajstić information content (AvgIpc) is 2.30. The van der Waals surface area contributed by atoms with Crippen LogP contribution >= 0.6 is 0 Å². The lowest BCUT2D eigenvalue weighted by Crippen LogP contribution is -2.38. The van der Waals surface area contributed by atoms with Gasteiger partial charge in [-0.05, 0) is 18.9 Å². The van der Waals surface area contributed by atoms with E-state index < -0.39 is 11.6 Å². The zero-order chi connectivity index (χ0) is 12.8. The molecule has 0 fully saturated rings. The second-order valence-corrected chi connectivity index (χ2v) is 3.55. The van der Waals surface area contributed by atoms with Crippen molar-refractivity contribution in [1.29, 1.82) is 0 Å². The normalized spacial score (nSPS) is 14.7. The Morgan fingerprint density at radius 3 is 1.75 bits per heavy atom. The minimum absolute atomic E-state index is 0.0561. The summed E-state index contributed by atoms with van der Waals surface area (Å²) in [6.45, 7) is 6.79. The van der Waals surface area contributed by atoms with Gasteiger partial charge in [0.2, 0.25) is 0 Å². The molecule has 0 spiro atoms. The van der Waals surface area contributed by atoms with Gasteiger partial charge in [-0.15, -0.1) is 0 Å². The van der Waals surface area contributed by atoms with Gasteiger partial charge in [-0.2, -0.15) is 13.2 Å². The van der Waals surface area contributed by atoms with Crippen molar-refractivity contribution in [1.82, 2.24) is 0 Å². The molecule has 0 aromatic heterocycles. The molecule has 3 heteroatoms. The fourth-order valence-electron chi connectivity index (χ4n) is 1.37. The molecule has 0 aliphatic carbocycles. The van der Waals surface area contributed by atoms with Crippen molar-refractivity contribution >= 4 is 0 Å². The van der Waals surface area contributed by atoms with E-state index in [0.717, 1.165) is 0 Å². The largest absolute Gasteiger partial charge is 0.398 e. The van der Waals surface area contributed by atoms with Gasteiger partial charge in [0.15, 0.2) is 0 Å². The van der Waals surface area contributed by atoms with E-state index in [0.29, 0.717) is 5.56 Å². The van der Waals surface area contributed by atoms with Gasteiger partial charge in [0, 0.05) is 0 Å². The Hall–Kier alpha value is -0.990. The highest BCUT2D eigenvalue weighted by Gasteiger charge is 2.50. The highest BCUT2D eigenvalue weighted by molar-refractivity contribution is 5.26. The Morgan fingerprint density at radius 2 is 1.44 bits per heavy atom. The van der Waals surface area contributed by atoms with Crippen LogP contribution in [-0.4, -0.2) is 6.18 Å². The molecular weight excluding hydrogens is 213 g/mol. The van der Waals surface area contributed by atoms with E-state index in [1.807, 2.05) is 13.8 Å². The molecular formula is C13H19F3. The van der Waals surface area contributed by atoms with Gasteiger partial charge in [-0.3, -0.25) is 0 Å². The number of hydrogen-bond acceptors (Lipinski definition) is 0. The fourth-order valence-corrected chi connectivity index (χ4v) is 1.37. The molecule has 0 nitrogen and oxygen atoms in total. The van der Waals surface area contributed by atoms with Crippen LogP contribution in [0, 0.1) is 0 Å². The van der Waals surface area contributed by atoms with Crippen molar-refractivity contribution in [3.63, 3.8) is 0 Å². The molecule has 1 atom stereocenters. The van der Waals surface area contributed by atoms with Crippen LogP contribution in [0.25, 0.3) is 0 Å². The maximum absolute atomic E-state index is 12.8. The molecule has 0 amide bonds. The van der Waals surface area contributed by atoms with Crippen LogP contribution in [0.1, 0.15) is 39.7 Å². The summed E-state index contributed by atoms with van der Waals surface area (Å²) in [5.41, 5.74) is -1.40. The Kier molecular flexibility index (Phi) is 5.56. The minimum atomic E-state index is -4.19. The molecule has 0 saturated heterocycles. The van der Waals surface area contributed by atoms with Crippen LogP contribution in [0.5, 0.6) is 0 Å². The second kappa shape index (κ2) is 5.92. The van der Waals surface area contributed by atoms with Crippen molar-refractivity contribution in [2.45, 2.75) is 45.7 Å². The predicted molar refractivity (Wildman–Crippen MR) is 61.5 cm³/mol. The summed E-state index contributed by atoms with van der Waals surface area (Å²) in [6, 6.07) is 8.04. The van der Waals surface area contributed by atoms with Gasteiger partial charge < -0.3 is 0 Å². The summed E-state index contributed by atoms with van der Waals surface area (Å²) in [5, 5.41) is 0. The van der Waals surface area contributed by atoms with Crippen molar-refractivity contribution in [3.05, 3.63) is 35.9 Å². The van der Waals surface area contributed by atoms with E-state index in [1.165, 1.54) is 19.1 Å². The third-order valence-corrected chi connectivity index (χ3v) is 2.74. The zero-order valence-electron chi connectivity index (χ0n) is 10.2. The lowest BCUT2D eigenvalue weighted by Gasteiger charge is -2.31. The molecule has 0 aliphatic rings. The molecule has 0 aliphatic heterocycles. The molecule has 0 radical (unpaired) electrons. The maximum Gasteiger partial charge on any atom is 0.398 e. The second-order valence-electron chi connectivity index (χ2n) is 3.55. The molecule has 1 rings (SSSR count). The van der Waals surface area contributed by atoms with Crippen LogP contribution in [0.4, 0.5) is 13.2 Å². The van der Waals surface area contributed by atoms with E-state index in [4.69, 9.17) is 0 Å². The molecule has 0 bridgehead atoms. The van der Waals surface area contributed by atoms with E-state index >= 15 is 0 Å². The molecule has 1 unspecified atom stereocenters. The van der Waals surface area contributed by atoms with E-state index in [2.05, 4.69) is 0 Å². The van der Waals surface area contributed by atoms with Crippen LogP contribution in [-0.2, 0) is 5.41 Å². The Morgan fingerprint density at radius 1 is 1.00 bits per heavy atom. The first-order valence-electron chi connectivity index (χ1n) is 5.54. The topological polar surface area (TPSA) is 0 Å². The average molecular weight is 232 g/mol. The third-order valence-electron chi connectivity index (χ3n) is 2.74. The molecule has 1 aromatic carbocycles. The quantitative estimate of drug-likeness (QED) is 0.677. The molecule has 0 saturated carbocycles. The number of alkyl halides is 3. The SMILES string of the molecule is CC.CCC(C)(c1ccccc1)C(F)(F)F. The number of rotatable bonds is 2. The predicted octanol–water partition coefficient (Wildman–Crippen LogP) is 4.94. The van der Waals surface area contributed by atoms with Gasteiger partial charge in [0.05, 0.1) is 5.41 Å². The number of benzene rings is 1. The third kappa shape index (κ3) is 3.00. The first-order chi connectivity index (χ1) is 7.42. The van der Waals surface area contributed by atoms with Crippen LogP contribution in [0.15, 0.2) is 30.3 Å². The van der Waals surface area contributed by atoms with Crippen molar-refractivity contribution in [2.75, 3.05) is 0 Å². The summed E-state index contributed by atoms with van der Waals surface area (Å²) in [7, 11) is 0. The van der Waals surface area contributed by atoms with Crippen molar-refractivity contribution in [2.24, 2.45) is 0 Å². The molecule has 92 valence electrons. The minimum Gasteiger partial charge on any atom is -0.170 e. The first kappa shape index (κ1) is 15.0. The Labute approximate surface area is 95.5 Å². The Bertz CT molecular complexity index is 290. The van der Waals surface area contributed by atoms with Crippen LogP contribution in [0.2, 0.25) is 0 Å². The summed E-state index contributed by atoms with van der Waals surface area (Å²) >= 11 is 0. The van der Waals surface area contributed by atoms with E-state index in [9.17, 15) is 13.2 Å². The molecule has 0 N–H and O–H groups in total. The highest BCUT2D eigenvalue weighted by Crippen LogP contribution is 2.43. The van der Waals surface area contributed by atoms with E-state index in [1.54, 1.807) is 25.1 Å². The van der Waals surface area contributed by atoms with Crippen LogP contribution in [0.3, 0.4) is 0 Å². The summed E-state index contributed by atoms with van der Waals surface area (Å²) in [4.78, 5) is 0. The smallest absolute Gasteiger partial charge is 0.170 e. The zero-order valence-corrected chi connectivity index (χ0v) is 10.2. The van der Waals surface area contributed by atoms with Gasteiger partial charge in [0.25, 0.3) is 0 Å². The summed E-state index contributed by atoms with van der Waals surface area (Å²) < 4.78 is 38.4. The van der Waals surface area contributed by atoms with Gasteiger partial charge in [-0.25, -0.2) is 0 Å². The molecule has 1 aromatic rings. The van der Waals surface area contributed by atoms with Crippen molar-refractivity contribution in [3.8, 4) is 0 Å². The standard InChI is InChI=1S/C11H13F3.C2H6/c1-3-10(2,11(12,13)14)9-7-5-4-6-8-9;1-2/h4-8H,3H2,1-2H3;1-2H3. The lowest BCUT2D eigenvalue weighted by atomic mass is 9.79. The van der Waals surface area contributed by atoms with E-state index in [-0.39, 0.29) is 6.42 Å². The monoisotopic (exact) mass is 232 g/mol. The Balaban J connectivity index is 0.00000106. The number of halogens is 3. The van der Waals surface area contributed by atoms with Gasteiger partial charge >= 0.3 is 6.18 Å². The highest BCUT2D eigenvalue weighted by atomic mass is 19.4.